The number of nitrogens with zero attached hydrogens (tertiary/aromatic N) is 4. The van der Waals surface area contributed by atoms with Crippen LogP contribution in [0.4, 0.5) is 0 Å². The zero-order chi connectivity index (χ0) is 14.8. The van der Waals surface area contributed by atoms with Crippen molar-refractivity contribution in [2.24, 2.45) is 0 Å². The van der Waals surface area contributed by atoms with Crippen molar-refractivity contribution in [1.82, 2.24) is 14.3 Å². The van der Waals surface area contributed by atoms with E-state index in [-0.39, 0.29) is 24.2 Å². The molecule has 1 aliphatic heterocycles. The summed E-state index contributed by atoms with van der Waals surface area (Å²) < 4.78 is 31.1. The van der Waals surface area contributed by atoms with Crippen molar-refractivity contribution < 1.29 is 13.2 Å². The molecule has 20 heavy (non-hydrogen) atoms. The van der Waals surface area contributed by atoms with Crippen LogP contribution in [0.5, 0.6) is 5.88 Å². The molecule has 0 spiro atoms. The highest BCUT2D eigenvalue weighted by atomic mass is 32.2. The van der Waals surface area contributed by atoms with Crippen molar-refractivity contribution in [2.45, 2.75) is 31.6 Å². The predicted octanol–water partition coefficient (Wildman–Crippen LogP) is 0.540. The van der Waals surface area contributed by atoms with Crippen LogP contribution in [0.1, 0.15) is 26.0 Å². The first-order valence-corrected chi connectivity index (χ1v) is 7.82. The van der Waals surface area contributed by atoms with Gasteiger partial charge in [-0.05, 0) is 20.3 Å². The number of hydrogen-bond acceptors (Lipinski definition) is 6. The molecule has 0 bridgehead atoms. The maximum Gasteiger partial charge on any atom is 0.251 e. The van der Waals surface area contributed by atoms with Crippen molar-refractivity contribution in [3.05, 3.63) is 18.1 Å². The standard InChI is InChI=1S/C12H16N4O3S/c1-9(2)20(17,18)16-6-3-10(8-16)19-12-11(7-13)14-4-5-15-12/h4-5,9-10H,3,6,8H2,1-2H3. The zero-order valence-electron chi connectivity index (χ0n) is 11.4. The van der Waals surface area contributed by atoms with Gasteiger partial charge in [-0.25, -0.2) is 18.4 Å². The fourth-order valence-corrected chi connectivity index (χ4v) is 3.30. The Morgan fingerprint density at radius 3 is 2.80 bits per heavy atom. The molecule has 8 heteroatoms. The fraction of sp³-hybridized carbons (Fsp3) is 0.583. The van der Waals surface area contributed by atoms with E-state index in [9.17, 15) is 8.42 Å². The molecule has 7 nitrogen and oxygen atoms in total. The lowest BCUT2D eigenvalue weighted by atomic mass is 10.3. The third-order valence-electron chi connectivity index (χ3n) is 3.11. The number of aromatic nitrogens is 2. The summed E-state index contributed by atoms with van der Waals surface area (Å²) in [6.45, 7) is 4.01. The van der Waals surface area contributed by atoms with E-state index < -0.39 is 15.3 Å². The Bertz CT molecular complexity index is 624. The summed E-state index contributed by atoms with van der Waals surface area (Å²) in [6.07, 6.45) is 3.13. The first-order chi connectivity index (χ1) is 9.45. The quantitative estimate of drug-likeness (QED) is 0.804. The second-order valence-corrected chi connectivity index (χ2v) is 7.29. The molecule has 108 valence electrons. The van der Waals surface area contributed by atoms with Crippen LogP contribution in [0.15, 0.2) is 12.4 Å². The Hall–Kier alpha value is -1.72. The number of rotatable bonds is 4. The molecule has 1 atom stereocenters. The van der Waals surface area contributed by atoms with Crippen LogP contribution < -0.4 is 4.74 Å². The van der Waals surface area contributed by atoms with Gasteiger partial charge in [0.2, 0.25) is 15.7 Å². The number of nitriles is 1. The highest BCUT2D eigenvalue weighted by Gasteiger charge is 2.34. The number of sulfonamides is 1. The molecule has 2 heterocycles. The van der Waals surface area contributed by atoms with E-state index >= 15 is 0 Å². The largest absolute Gasteiger partial charge is 0.471 e. The Balaban J connectivity index is 2.06. The van der Waals surface area contributed by atoms with Gasteiger partial charge in [0.05, 0.1) is 11.8 Å². The molecular formula is C12H16N4O3S. The zero-order valence-corrected chi connectivity index (χ0v) is 12.2. The molecule has 0 saturated carbocycles. The minimum absolute atomic E-state index is 0.109. The molecule has 0 radical (unpaired) electrons. The van der Waals surface area contributed by atoms with E-state index in [2.05, 4.69) is 9.97 Å². The van der Waals surface area contributed by atoms with E-state index in [0.29, 0.717) is 13.0 Å². The van der Waals surface area contributed by atoms with Gasteiger partial charge in [-0.3, -0.25) is 0 Å². The summed E-state index contributed by atoms with van der Waals surface area (Å²) in [6, 6.07) is 1.90. The highest BCUT2D eigenvalue weighted by Crippen LogP contribution is 2.22. The molecule has 1 aliphatic rings. The Kier molecular flexibility index (Phi) is 4.20. The average Bonchev–Trinajstić information content (AvgIpc) is 2.88. The monoisotopic (exact) mass is 296 g/mol. The van der Waals surface area contributed by atoms with E-state index in [4.69, 9.17) is 10.00 Å². The molecule has 1 fully saturated rings. The van der Waals surface area contributed by atoms with Crippen LogP contribution in [-0.2, 0) is 10.0 Å². The lowest BCUT2D eigenvalue weighted by Crippen LogP contribution is -2.36. The molecule has 0 N–H and O–H groups in total. The summed E-state index contributed by atoms with van der Waals surface area (Å²) >= 11 is 0. The highest BCUT2D eigenvalue weighted by molar-refractivity contribution is 7.89. The lowest BCUT2D eigenvalue weighted by Gasteiger charge is -2.19. The molecule has 0 aliphatic carbocycles. The fourth-order valence-electron chi connectivity index (χ4n) is 1.97. The minimum atomic E-state index is -3.27. The molecule has 1 saturated heterocycles. The summed E-state index contributed by atoms with van der Waals surface area (Å²) in [5.41, 5.74) is 0.109. The van der Waals surface area contributed by atoms with Crippen LogP contribution in [0.3, 0.4) is 0 Å². The van der Waals surface area contributed by atoms with Gasteiger partial charge in [-0.1, -0.05) is 0 Å². The molecule has 2 rings (SSSR count). The van der Waals surface area contributed by atoms with E-state index in [1.165, 1.54) is 16.7 Å². The smallest absolute Gasteiger partial charge is 0.251 e. The van der Waals surface area contributed by atoms with Crippen LogP contribution in [0, 0.1) is 11.3 Å². The van der Waals surface area contributed by atoms with Crippen molar-refractivity contribution in [3.63, 3.8) is 0 Å². The second-order valence-electron chi connectivity index (χ2n) is 4.80. The molecule has 0 amide bonds. The van der Waals surface area contributed by atoms with E-state index in [1.807, 2.05) is 6.07 Å². The van der Waals surface area contributed by atoms with E-state index in [0.717, 1.165) is 0 Å². The van der Waals surface area contributed by atoms with Crippen LogP contribution in [0.25, 0.3) is 0 Å². The first kappa shape index (κ1) is 14.7. The Labute approximate surface area is 118 Å². The van der Waals surface area contributed by atoms with Crippen LogP contribution >= 0.6 is 0 Å². The lowest BCUT2D eigenvalue weighted by molar-refractivity contribution is 0.205. The Morgan fingerprint density at radius 1 is 1.45 bits per heavy atom. The molecule has 1 unspecified atom stereocenters. The first-order valence-electron chi connectivity index (χ1n) is 6.32. The van der Waals surface area contributed by atoms with Gasteiger partial charge in [0.25, 0.3) is 5.88 Å². The predicted molar refractivity (Wildman–Crippen MR) is 71.4 cm³/mol. The normalized spacial score (nSPS) is 20.0. The van der Waals surface area contributed by atoms with Crippen molar-refractivity contribution in [2.75, 3.05) is 13.1 Å². The summed E-state index contributed by atoms with van der Waals surface area (Å²) in [7, 11) is -3.27. The van der Waals surface area contributed by atoms with Gasteiger partial charge in [0, 0.05) is 18.9 Å². The SMILES string of the molecule is CC(C)S(=O)(=O)N1CCC(Oc2nccnc2C#N)C1. The van der Waals surface area contributed by atoms with Gasteiger partial charge in [0.1, 0.15) is 12.2 Å². The third-order valence-corrected chi connectivity index (χ3v) is 5.36. The van der Waals surface area contributed by atoms with Crippen molar-refractivity contribution in [1.29, 1.82) is 5.26 Å². The second kappa shape index (κ2) is 5.73. The molecular weight excluding hydrogens is 280 g/mol. The van der Waals surface area contributed by atoms with Gasteiger partial charge in [-0.2, -0.15) is 9.57 Å². The number of hydrogen-bond donors (Lipinski definition) is 0. The summed E-state index contributed by atoms with van der Waals surface area (Å²) in [4.78, 5) is 7.81. The summed E-state index contributed by atoms with van der Waals surface area (Å²) in [5, 5.41) is 8.46. The minimum Gasteiger partial charge on any atom is -0.471 e. The molecule has 0 aromatic carbocycles. The maximum absolute atomic E-state index is 12.0. The number of ether oxygens (including phenoxy) is 1. The average molecular weight is 296 g/mol. The van der Waals surface area contributed by atoms with Crippen molar-refractivity contribution >= 4 is 10.0 Å². The molecule has 1 aromatic rings. The van der Waals surface area contributed by atoms with Crippen molar-refractivity contribution in [3.8, 4) is 11.9 Å². The van der Waals surface area contributed by atoms with E-state index in [1.54, 1.807) is 13.8 Å². The molecule has 1 aromatic heterocycles. The van der Waals surface area contributed by atoms with Crippen LogP contribution in [-0.4, -0.2) is 47.1 Å². The maximum atomic E-state index is 12.0. The van der Waals surface area contributed by atoms with Gasteiger partial charge in [0.15, 0.2) is 0 Å². The Morgan fingerprint density at radius 2 is 2.15 bits per heavy atom. The summed E-state index contributed by atoms with van der Waals surface area (Å²) in [5.74, 6) is 0.156. The van der Waals surface area contributed by atoms with Gasteiger partial charge < -0.3 is 4.74 Å². The van der Waals surface area contributed by atoms with Crippen LogP contribution in [0.2, 0.25) is 0 Å². The van der Waals surface area contributed by atoms with Gasteiger partial charge >= 0.3 is 0 Å². The topological polar surface area (TPSA) is 96.2 Å². The van der Waals surface area contributed by atoms with Gasteiger partial charge in [-0.15, -0.1) is 0 Å². The third kappa shape index (κ3) is 2.89.